The van der Waals surface area contributed by atoms with E-state index in [-0.39, 0.29) is 12.5 Å². The molecule has 5 nitrogen and oxygen atoms in total. The SMILES string of the molecule is O=C(O)[C@@H]1CN(C(=O)[C@H]2OCCc3ccccc32)c2ccccc21. The highest BCUT2D eigenvalue weighted by Gasteiger charge is 2.40. The fraction of sp³-hybridized carbons (Fsp3) is 0.263. The van der Waals surface area contributed by atoms with Gasteiger partial charge in [-0.2, -0.15) is 0 Å². The zero-order chi connectivity index (χ0) is 16.7. The summed E-state index contributed by atoms with van der Waals surface area (Å²) in [6.45, 7) is 0.640. The number of nitrogens with zero attached hydrogens (tertiary/aromatic N) is 1. The summed E-state index contributed by atoms with van der Waals surface area (Å²) in [5.74, 6) is -1.80. The summed E-state index contributed by atoms with van der Waals surface area (Å²) in [4.78, 5) is 26.2. The van der Waals surface area contributed by atoms with Crippen molar-refractivity contribution < 1.29 is 19.4 Å². The molecule has 122 valence electrons. The lowest BCUT2D eigenvalue weighted by Gasteiger charge is -2.29. The number of rotatable bonds is 2. The first-order valence-corrected chi connectivity index (χ1v) is 7.99. The van der Waals surface area contributed by atoms with Crippen molar-refractivity contribution >= 4 is 17.6 Å². The van der Waals surface area contributed by atoms with E-state index >= 15 is 0 Å². The molecule has 0 radical (unpaired) electrons. The summed E-state index contributed by atoms with van der Waals surface area (Å²) >= 11 is 0. The van der Waals surface area contributed by atoms with E-state index in [1.54, 1.807) is 23.1 Å². The van der Waals surface area contributed by atoms with Crippen molar-refractivity contribution in [2.45, 2.75) is 18.4 Å². The van der Waals surface area contributed by atoms with Gasteiger partial charge in [0.1, 0.15) is 5.92 Å². The topological polar surface area (TPSA) is 66.8 Å². The van der Waals surface area contributed by atoms with Crippen LogP contribution in [0.25, 0.3) is 0 Å². The predicted molar refractivity (Wildman–Crippen MR) is 88.0 cm³/mol. The van der Waals surface area contributed by atoms with Gasteiger partial charge in [-0.1, -0.05) is 42.5 Å². The quantitative estimate of drug-likeness (QED) is 0.922. The number of amides is 1. The lowest BCUT2D eigenvalue weighted by Crippen LogP contribution is -2.38. The Morgan fingerprint density at radius 1 is 1.04 bits per heavy atom. The number of carboxylic acid groups (broad SMARTS) is 1. The van der Waals surface area contributed by atoms with Crippen LogP contribution >= 0.6 is 0 Å². The van der Waals surface area contributed by atoms with Crippen LogP contribution in [-0.2, 0) is 20.7 Å². The molecule has 2 aliphatic heterocycles. The Morgan fingerprint density at radius 3 is 2.54 bits per heavy atom. The van der Waals surface area contributed by atoms with E-state index in [0.717, 1.165) is 17.5 Å². The lowest BCUT2D eigenvalue weighted by molar-refractivity contribution is -0.138. The number of carboxylic acids is 1. The molecule has 1 amide bonds. The first-order valence-electron chi connectivity index (χ1n) is 7.99. The lowest BCUT2D eigenvalue weighted by atomic mass is 9.97. The van der Waals surface area contributed by atoms with Crippen LogP contribution in [0.4, 0.5) is 5.69 Å². The Bertz CT molecular complexity index is 817. The zero-order valence-electron chi connectivity index (χ0n) is 13.0. The Labute approximate surface area is 139 Å². The summed E-state index contributed by atoms with van der Waals surface area (Å²) in [6, 6.07) is 15.0. The second-order valence-electron chi connectivity index (χ2n) is 6.10. The number of fused-ring (bicyclic) bond motifs is 2. The van der Waals surface area contributed by atoms with Crippen LogP contribution in [0.1, 0.15) is 28.7 Å². The molecule has 2 aromatic carbocycles. The second kappa shape index (κ2) is 5.76. The summed E-state index contributed by atoms with van der Waals surface area (Å²) < 4.78 is 5.75. The number of hydrogen-bond acceptors (Lipinski definition) is 3. The standard InChI is InChI=1S/C19H17NO4/c21-18(17-13-6-2-1-5-12(13)9-10-24-17)20-11-15(19(22)23)14-7-3-4-8-16(14)20/h1-8,15,17H,9-11H2,(H,22,23)/t15-,17+/m1/s1. The molecule has 0 unspecified atom stereocenters. The first kappa shape index (κ1) is 14.9. The molecule has 2 atom stereocenters. The van der Waals surface area contributed by atoms with Crippen molar-refractivity contribution in [3.05, 3.63) is 65.2 Å². The smallest absolute Gasteiger partial charge is 0.312 e. The molecule has 0 aromatic heterocycles. The number of benzene rings is 2. The van der Waals surface area contributed by atoms with Crippen molar-refractivity contribution in [2.75, 3.05) is 18.1 Å². The third-order valence-corrected chi connectivity index (χ3v) is 4.75. The number of para-hydroxylation sites is 1. The summed E-state index contributed by atoms with van der Waals surface area (Å²) in [5, 5.41) is 9.46. The molecule has 0 saturated heterocycles. The highest BCUT2D eigenvalue weighted by Crippen LogP contribution is 2.39. The summed E-state index contributed by atoms with van der Waals surface area (Å²) in [7, 11) is 0. The number of carbonyl (C=O) groups is 2. The molecule has 0 aliphatic carbocycles. The van der Waals surface area contributed by atoms with E-state index in [4.69, 9.17) is 4.74 Å². The maximum absolute atomic E-state index is 13.1. The highest BCUT2D eigenvalue weighted by atomic mass is 16.5. The number of aliphatic carboxylic acids is 1. The van der Waals surface area contributed by atoms with Crippen molar-refractivity contribution in [3.63, 3.8) is 0 Å². The molecule has 2 aliphatic rings. The van der Waals surface area contributed by atoms with Gasteiger partial charge >= 0.3 is 5.97 Å². The third kappa shape index (κ3) is 2.29. The van der Waals surface area contributed by atoms with Gasteiger partial charge in [-0.25, -0.2) is 0 Å². The predicted octanol–water partition coefficient (Wildman–Crippen LogP) is 2.52. The average molecular weight is 323 g/mol. The van der Waals surface area contributed by atoms with Gasteiger partial charge in [0.15, 0.2) is 6.10 Å². The molecule has 1 N–H and O–H groups in total. The number of carbonyl (C=O) groups excluding carboxylic acids is 1. The monoisotopic (exact) mass is 323 g/mol. The molecule has 5 heteroatoms. The number of anilines is 1. The molecule has 0 bridgehead atoms. The fourth-order valence-electron chi connectivity index (χ4n) is 3.57. The molecular weight excluding hydrogens is 306 g/mol. The van der Waals surface area contributed by atoms with Crippen LogP contribution < -0.4 is 4.90 Å². The summed E-state index contributed by atoms with van der Waals surface area (Å²) in [6.07, 6.45) is 0.115. The molecule has 0 saturated carbocycles. The minimum absolute atomic E-state index is 0.148. The van der Waals surface area contributed by atoms with E-state index < -0.39 is 18.0 Å². The highest BCUT2D eigenvalue weighted by molar-refractivity contribution is 6.01. The minimum atomic E-state index is -0.914. The largest absolute Gasteiger partial charge is 0.481 e. The second-order valence-corrected chi connectivity index (χ2v) is 6.10. The van der Waals surface area contributed by atoms with Crippen LogP contribution in [-0.4, -0.2) is 30.1 Å². The van der Waals surface area contributed by atoms with Crippen LogP contribution in [0.2, 0.25) is 0 Å². The molecule has 2 aromatic rings. The fourth-order valence-corrected chi connectivity index (χ4v) is 3.57. The zero-order valence-corrected chi connectivity index (χ0v) is 13.0. The van der Waals surface area contributed by atoms with Crippen molar-refractivity contribution in [1.29, 1.82) is 0 Å². The van der Waals surface area contributed by atoms with Gasteiger partial charge in [0.05, 0.1) is 6.61 Å². The Balaban J connectivity index is 1.71. The van der Waals surface area contributed by atoms with Crippen molar-refractivity contribution in [3.8, 4) is 0 Å². The van der Waals surface area contributed by atoms with Gasteiger partial charge in [0.25, 0.3) is 5.91 Å². The van der Waals surface area contributed by atoms with Gasteiger partial charge < -0.3 is 14.7 Å². The van der Waals surface area contributed by atoms with E-state index in [1.807, 2.05) is 30.3 Å². The van der Waals surface area contributed by atoms with Crippen molar-refractivity contribution in [1.82, 2.24) is 0 Å². The van der Waals surface area contributed by atoms with Crippen LogP contribution in [0, 0.1) is 0 Å². The Kier molecular flexibility index (Phi) is 3.58. The van der Waals surface area contributed by atoms with Crippen LogP contribution in [0.15, 0.2) is 48.5 Å². The molecule has 4 rings (SSSR count). The Morgan fingerprint density at radius 2 is 1.75 bits per heavy atom. The van der Waals surface area contributed by atoms with Crippen LogP contribution in [0.5, 0.6) is 0 Å². The molecule has 24 heavy (non-hydrogen) atoms. The maximum Gasteiger partial charge on any atom is 0.312 e. The van der Waals surface area contributed by atoms with Gasteiger partial charge in [0, 0.05) is 12.2 Å². The van der Waals surface area contributed by atoms with E-state index in [2.05, 4.69) is 0 Å². The maximum atomic E-state index is 13.1. The van der Waals surface area contributed by atoms with E-state index in [1.165, 1.54) is 0 Å². The summed E-state index contributed by atoms with van der Waals surface area (Å²) in [5.41, 5.74) is 3.35. The van der Waals surface area contributed by atoms with Crippen LogP contribution in [0.3, 0.4) is 0 Å². The number of ether oxygens (including phenoxy) is 1. The van der Waals surface area contributed by atoms with E-state index in [0.29, 0.717) is 17.9 Å². The normalized spacial score (nSPS) is 21.9. The van der Waals surface area contributed by atoms with Crippen molar-refractivity contribution in [2.24, 2.45) is 0 Å². The molecular formula is C19H17NO4. The van der Waals surface area contributed by atoms with E-state index in [9.17, 15) is 14.7 Å². The third-order valence-electron chi connectivity index (χ3n) is 4.75. The molecule has 2 heterocycles. The molecule has 0 spiro atoms. The molecule has 0 fully saturated rings. The average Bonchev–Trinajstić information content (AvgIpc) is 3.00. The Hall–Kier alpha value is -2.66. The van der Waals surface area contributed by atoms with Gasteiger partial charge in [-0.3, -0.25) is 9.59 Å². The van der Waals surface area contributed by atoms with Gasteiger partial charge in [-0.15, -0.1) is 0 Å². The van der Waals surface area contributed by atoms with Gasteiger partial charge in [-0.05, 0) is 29.2 Å². The van der Waals surface area contributed by atoms with Gasteiger partial charge in [0.2, 0.25) is 0 Å². The number of hydrogen-bond donors (Lipinski definition) is 1. The first-order chi connectivity index (χ1) is 11.7. The minimum Gasteiger partial charge on any atom is -0.481 e.